The van der Waals surface area contributed by atoms with Crippen molar-refractivity contribution in [1.29, 1.82) is 5.26 Å². The fraction of sp³-hybridized carbons (Fsp3) is 0.554. The van der Waals surface area contributed by atoms with Crippen molar-refractivity contribution in [3.8, 4) is 22.3 Å². The highest BCUT2D eigenvalue weighted by Crippen LogP contribution is 2.55. The Hall–Kier alpha value is -5.64. The Bertz CT molecular complexity index is 2690. The summed E-state index contributed by atoms with van der Waals surface area (Å²) in [6.45, 7) is 24.1. The average Bonchev–Trinajstić information content (AvgIpc) is 3.99. The number of benzene rings is 2. The number of hydrogen-bond acceptors (Lipinski definition) is 13. The molecule has 1 aliphatic carbocycles. The number of carbonyl (C=O) groups is 4. The van der Waals surface area contributed by atoms with Gasteiger partial charge in [0, 0.05) is 74.8 Å². The Kier molecular flexibility index (Phi) is 16.5. The molecule has 0 bridgehead atoms. The number of hydrogen-bond donors (Lipinski definition) is 4. The third-order valence-electron chi connectivity index (χ3n) is 15.8. The Labute approximate surface area is 445 Å². The lowest BCUT2D eigenvalue weighted by molar-refractivity contribution is -0.164. The Morgan fingerprint density at radius 1 is 0.932 bits per heavy atom. The average molecular weight is 1050 g/mol. The number of amides is 4. The van der Waals surface area contributed by atoms with E-state index in [4.69, 9.17) is 21.3 Å². The van der Waals surface area contributed by atoms with Crippen LogP contribution in [0.25, 0.3) is 10.4 Å². The lowest BCUT2D eigenvalue weighted by Gasteiger charge is -2.63. The molecule has 4 aromatic rings. The van der Waals surface area contributed by atoms with E-state index in [1.54, 1.807) is 35.7 Å². The standard InChI is InChI=1S/C56H73ClN10O6S/c1-34(37-10-12-38(13-11-37)47-35(2)60-33-74-47)61-50(71)44-26-41(68)31-67(44)51(72)48(54(3,4)5)62-46(69)32-64-20-18-36(19-21-64)30-65-22-24-66(25-23-65)45-17-15-40(29-59-45)49(70)63-52-55(6,7)53(56(52,8)9)73-42-16-14-39(28-58)43(57)27-42/h10-17,27,29,33-34,36,41,44,48,52-53,68H,18-26,30-32H2,1-9H3,(H,61,71)(H,62,69)(H,63,70)/t34-,41+,44-,48?,52?,53?/m0/s1. The number of nitrogens with one attached hydrogen (secondary N) is 3. The van der Waals surface area contributed by atoms with E-state index < -0.39 is 23.6 Å². The molecule has 2 aromatic carbocycles. The van der Waals surface area contributed by atoms with Crippen molar-refractivity contribution in [1.82, 2.24) is 40.6 Å². The minimum atomic E-state index is -0.893. The highest BCUT2D eigenvalue weighted by Gasteiger charge is 2.64. The second kappa shape index (κ2) is 22.3. The third-order valence-corrected chi connectivity index (χ3v) is 17.1. The van der Waals surface area contributed by atoms with Crippen LogP contribution in [0.15, 0.2) is 66.3 Å². The van der Waals surface area contributed by atoms with Crippen molar-refractivity contribution in [2.75, 3.05) is 63.8 Å². The van der Waals surface area contributed by atoms with Gasteiger partial charge < -0.3 is 35.6 Å². The van der Waals surface area contributed by atoms with Crippen molar-refractivity contribution >= 4 is 52.4 Å². The van der Waals surface area contributed by atoms with Crippen molar-refractivity contribution in [2.45, 2.75) is 118 Å². The van der Waals surface area contributed by atoms with Crippen LogP contribution in [0.3, 0.4) is 0 Å². The number of carbonyl (C=O) groups excluding carboxylic acids is 4. The van der Waals surface area contributed by atoms with Gasteiger partial charge in [-0.2, -0.15) is 5.26 Å². The number of piperazine rings is 1. The largest absolute Gasteiger partial charge is 0.489 e. The van der Waals surface area contributed by atoms with Crippen molar-refractivity contribution < 1.29 is 29.0 Å². The van der Waals surface area contributed by atoms with Gasteiger partial charge in [0.2, 0.25) is 17.7 Å². The van der Waals surface area contributed by atoms with E-state index >= 15 is 0 Å². The Morgan fingerprint density at radius 3 is 2.22 bits per heavy atom. The Balaban J connectivity index is 0.758. The number of thiazole rings is 1. The molecule has 3 aliphatic heterocycles. The van der Waals surface area contributed by atoms with Crippen molar-refractivity contribution in [3.05, 3.63) is 93.7 Å². The molecule has 4 aliphatic rings. The van der Waals surface area contributed by atoms with Crippen LogP contribution in [-0.4, -0.2) is 143 Å². The highest BCUT2D eigenvalue weighted by molar-refractivity contribution is 7.13. The molecule has 74 heavy (non-hydrogen) atoms. The van der Waals surface area contributed by atoms with Crippen molar-refractivity contribution in [3.63, 3.8) is 0 Å². The molecule has 16 nitrogen and oxygen atoms in total. The smallest absolute Gasteiger partial charge is 0.253 e. The molecule has 0 radical (unpaired) electrons. The normalized spacial score (nSPS) is 23.0. The van der Waals surface area contributed by atoms with E-state index in [-0.39, 0.29) is 72.2 Å². The molecule has 5 heterocycles. The summed E-state index contributed by atoms with van der Waals surface area (Å²) in [5.74, 6) is 0.799. The summed E-state index contributed by atoms with van der Waals surface area (Å²) in [5, 5.41) is 29.7. The lowest BCUT2D eigenvalue weighted by atomic mass is 9.49. The van der Waals surface area contributed by atoms with Gasteiger partial charge >= 0.3 is 0 Å². The molecule has 1 saturated carbocycles. The zero-order valence-corrected chi connectivity index (χ0v) is 45.9. The number of aryl methyl sites for hydroxylation is 1. The highest BCUT2D eigenvalue weighted by atomic mass is 35.5. The molecule has 18 heteroatoms. The van der Waals surface area contributed by atoms with Gasteiger partial charge in [0.1, 0.15) is 35.8 Å². The summed E-state index contributed by atoms with van der Waals surface area (Å²) >= 11 is 7.85. The van der Waals surface area contributed by atoms with E-state index in [1.807, 2.05) is 76.5 Å². The predicted octanol–water partition coefficient (Wildman–Crippen LogP) is 6.85. The van der Waals surface area contributed by atoms with Crippen LogP contribution in [0, 0.1) is 40.4 Å². The molecule has 4 fully saturated rings. The molecule has 396 valence electrons. The van der Waals surface area contributed by atoms with Crippen LogP contribution in [-0.2, 0) is 14.4 Å². The lowest BCUT2D eigenvalue weighted by Crippen LogP contribution is -2.74. The molecule has 4 amide bonds. The second-order valence-electron chi connectivity index (χ2n) is 23.1. The monoisotopic (exact) mass is 1050 g/mol. The number of piperidine rings is 1. The molecule has 3 saturated heterocycles. The third kappa shape index (κ3) is 12.1. The van der Waals surface area contributed by atoms with E-state index in [1.165, 1.54) is 4.90 Å². The van der Waals surface area contributed by atoms with Gasteiger partial charge in [-0.25, -0.2) is 9.97 Å². The predicted molar refractivity (Wildman–Crippen MR) is 288 cm³/mol. The fourth-order valence-electron chi connectivity index (χ4n) is 11.8. The quantitative estimate of drug-likeness (QED) is 0.0968. The molecule has 8 rings (SSSR count). The first-order chi connectivity index (χ1) is 35.0. The summed E-state index contributed by atoms with van der Waals surface area (Å²) in [7, 11) is 0. The first-order valence-corrected chi connectivity index (χ1v) is 27.2. The van der Waals surface area contributed by atoms with Gasteiger partial charge in [0.05, 0.1) is 50.9 Å². The fourth-order valence-corrected chi connectivity index (χ4v) is 12.8. The number of nitrogens with zero attached hydrogens (tertiary/aromatic N) is 7. The Morgan fingerprint density at radius 2 is 1.62 bits per heavy atom. The summed E-state index contributed by atoms with van der Waals surface area (Å²) in [5.41, 5.74) is 4.24. The van der Waals surface area contributed by atoms with Gasteiger partial charge in [-0.15, -0.1) is 11.3 Å². The number of β-amino-alcohol motifs (C(OH)–C–C–N with tert-alkyl or cyclic N) is 1. The van der Waals surface area contributed by atoms with Crippen LogP contribution in [0.1, 0.15) is 108 Å². The van der Waals surface area contributed by atoms with Gasteiger partial charge in [-0.1, -0.05) is 84.3 Å². The first-order valence-electron chi connectivity index (χ1n) is 25.9. The van der Waals surface area contributed by atoms with Crippen molar-refractivity contribution in [2.24, 2.45) is 22.2 Å². The summed E-state index contributed by atoms with van der Waals surface area (Å²) < 4.78 is 6.39. The van der Waals surface area contributed by atoms with Crippen LogP contribution < -0.4 is 25.6 Å². The number of nitriles is 1. The molecule has 1 unspecified atom stereocenters. The van der Waals surface area contributed by atoms with Crippen LogP contribution in [0.2, 0.25) is 5.02 Å². The number of anilines is 1. The number of aliphatic hydroxyl groups is 1. The van der Waals surface area contributed by atoms with Crippen LogP contribution in [0.4, 0.5) is 5.82 Å². The number of aliphatic hydroxyl groups excluding tert-OH is 1. The maximum Gasteiger partial charge on any atom is 0.253 e. The van der Waals surface area contributed by atoms with E-state index in [2.05, 4.69) is 69.4 Å². The second-order valence-corrected chi connectivity index (χ2v) is 24.4. The van der Waals surface area contributed by atoms with Crippen LogP contribution in [0.5, 0.6) is 5.75 Å². The summed E-state index contributed by atoms with van der Waals surface area (Å²) in [6.07, 6.45) is 2.64. The molecule has 2 aromatic heterocycles. The zero-order valence-electron chi connectivity index (χ0n) is 44.3. The number of pyridine rings is 1. The van der Waals surface area contributed by atoms with Gasteiger partial charge in [0.15, 0.2) is 0 Å². The molecule has 4 N–H and O–H groups in total. The number of aromatic nitrogens is 2. The summed E-state index contributed by atoms with van der Waals surface area (Å²) in [6, 6.07) is 16.7. The van der Waals surface area contributed by atoms with Gasteiger partial charge in [-0.05, 0) is 86.5 Å². The number of halogens is 1. The molecule has 0 spiro atoms. The van der Waals surface area contributed by atoms with E-state index in [9.17, 15) is 29.5 Å². The minimum Gasteiger partial charge on any atom is -0.489 e. The van der Waals surface area contributed by atoms with Gasteiger partial charge in [0.25, 0.3) is 5.91 Å². The van der Waals surface area contributed by atoms with Crippen LogP contribution >= 0.6 is 22.9 Å². The molecular formula is C56H73ClN10O6S. The topological polar surface area (TPSA) is 196 Å². The van der Waals surface area contributed by atoms with Gasteiger partial charge in [-0.3, -0.25) is 29.0 Å². The summed E-state index contributed by atoms with van der Waals surface area (Å²) in [4.78, 5) is 73.8. The first kappa shape index (κ1) is 54.6. The SMILES string of the molecule is Cc1ncsc1-c1ccc([C@H](C)NC(=O)[C@@H]2C[C@@H](O)CN2C(=O)C(NC(=O)CN2CCC(CN3CCN(c4ccc(C(=O)NC5C(C)(C)C(Oc6ccc(C#N)c(Cl)c6)C5(C)C)cn4)CC3)CC2)C(C)(C)C)cc1. The number of likely N-dealkylation sites (tertiary alicyclic amines) is 2. The van der Waals surface area contributed by atoms with E-state index in [0.29, 0.717) is 27.8 Å². The minimum absolute atomic E-state index is 0.0155. The van der Waals surface area contributed by atoms with E-state index in [0.717, 1.165) is 86.2 Å². The molecular weight excluding hydrogens is 976 g/mol. The maximum absolute atomic E-state index is 14.3. The number of rotatable bonds is 15. The zero-order chi connectivity index (χ0) is 53.3. The maximum atomic E-state index is 14.3. The molecule has 4 atom stereocenters. The number of ether oxygens (including phenoxy) is 1.